The Kier molecular flexibility index (Phi) is 3.61. The number of benzene rings is 1. The molecule has 96 valence electrons. The normalized spacial score (nSPS) is 10.6. The molecular weight excluding hydrogens is 324 g/mol. The van der Waals surface area contributed by atoms with E-state index in [0.29, 0.717) is 0 Å². The maximum Gasteiger partial charge on any atom is 0.184 e. The summed E-state index contributed by atoms with van der Waals surface area (Å²) in [5.74, 6) is 0. The molecule has 0 aliphatic carbocycles. The highest BCUT2D eigenvalue weighted by atomic mass is 79.9. The van der Waals surface area contributed by atoms with Crippen LogP contribution in [0, 0.1) is 0 Å². The Morgan fingerprint density at radius 3 is 2.89 bits per heavy atom. The average Bonchev–Trinajstić information content (AvgIpc) is 3.08. The van der Waals surface area contributed by atoms with Crippen LogP contribution < -0.4 is 5.32 Å². The molecule has 2 heterocycles. The van der Waals surface area contributed by atoms with Crippen molar-refractivity contribution in [2.45, 2.75) is 6.54 Å². The highest BCUT2D eigenvalue weighted by molar-refractivity contribution is 9.10. The van der Waals surface area contributed by atoms with Crippen LogP contribution in [-0.2, 0) is 6.54 Å². The molecule has 0 radical (unpaired) electrons. The summed E-state index contributed by atoms with van der Waals surface area (Å²) in [5.41, 5.74) is 2.26. The predicted octanol–water partition coefficient (Wildman–Crippen LogP) is 3.70. The van der Waals surface area contributed by atoms with E-state index >= 15 is 0 Å². The first-order chi connectivity index (χ1) is 9.33. The van der Waals surface area contributed by atoms with Crippen molar-refractivity contribution >= 4 is 32.4 Å². The van der Waals surface area contributed by atoms with Gasteiger partial charge in [-0.05, 0) is 33.6 Å². The Balaban J connectivity index is 1.81. The molecule has 0 atom stereocenters. The zero-order valence-corrected chi connectivity index (χ0v) is 12.4. The topological polar surface area (TPSA) is 42.7 Å². The van der Waals surface area contributed by atoms with Crippen molar-refractivity contribution in [3.05, 3.63) is 58.3 Å². The van der Waals surface area contributed by atoms with Gasteiger partial charge in [0, 0.05) is 24.3 Å². The van der Waals surface area contributed by atoms with Gasteiger partial charge in [-0.1, -0.05) is 18.2 Å². The fraction of sp³-hybridized carbons (Fsp3) is 0.0769. The van der Waals surface area contributed by atoms with E-state index in [0.717, 1.165) is 22.0 Å². The first kappa shape index (κ1) is 12.4. The Morgan fingerprint density at radius 2 is 2.16 bits per heavy atom. The van der Waals surface area contributed by atoms with Crippen LogP contribution in [0.1, 0.15) is 5.56 Å². The predicted molar refractivity (Wildman–Crippen MR) is 80.7 cm³/mol. The van der Waals surface area contributed by atoms with E-state index < -0.39 is 0 Å². The molecule has 0 fully saturated rings. The standard InChI is InChI=1S/C13H11BrN4S/c14-12-9-19-13(17-12)15-8-10-4-1-2-5-11(10)18-7-3-6-16-18/h1-7,9H,8H2,(H,15,17). The molecule has 0 saturated heterocycles. The van der Waals surface area contributed by atoms with Crippen LogP contribution in [-0.4, -0.2) is 14.8 Å². The summed E-state index contributed by atoms with van der Waals surface area (Å²) in [6.45, 7) is 0.718. The smallest absolute Gasteiger partial charge is 0.184 e. The monoisotopic (exact) mass is 334 g/mol. The van der Waals surface area contributed by atoms with Gasteiger partial charge in [0.1, 0.15) is 4.60 Å². The van der Waals surface area contributed by atoms with Gasteiger partial charge >= 0.3 is 0 Å². The largest absolute Gasteiger partial charge is 0.357 e. The molecule has 19 heavy (non-hydrogen) atoms. The quantitative estimate of drug-likeness (QED) is 0.790. The van der Waals surface area contributed by atoms with E-state index in [4.69, 9.17) is 0 Å². The van der Waals surface area contributed by atoms with Gasteiger partial charge in [-0.3, -0.25) is 0 Å². The molecule has 4 nitrogen and oxygen atoms in total. The Labute approximate surface area is 123 Å². The van der Waals surface area contributed by atoms with E-state index in [9.17, 15) is 0 Å². The number of thiazole rings is 1. The number of para-hydroxylation sites is 1. The maximum atomic E-state index is 4.32. The molecular formula is C13H11BrN4S. The third kappa shape index (κ3) is 2.85. The van der Waals surface area contributed by atoms with Crippen LogP contribution in [0.5, 0.6) is 0 Å². The van der Waals surface area contributed by atoms with Crippen LogP contribution in [0.4, 0.5) is 5.13 Å². The molecule has 1 N–H and O–H groups in total. The molecule has 3 aromatic rings. The van der Waals surface area contributed by atoms with Gasteiger partial charge in [0.15, 0.2) is 5.13 Å². The summed E-state index contributed by atoms with van der Waals surface area (Å²) in [6, 6.07) is 10.1. The lowest BCUT2D eigenvalue weighted by Gasteiger charge is -2.09. The second-order valence-corrected chi connectivity index (χ2v) is 5.58. The number of halogens is 1. The molecule has 1 aromatic carbocycles. The third-order valence-corrected chi connectivity index (χ3v) is 4.16. The van der Waals surface area contributed by atoms with Gasteiger partial charge in [-0.2, -0.15) is 5.10 Å². The fourth-order valence-corrected chi connectivity index (χ4v) is 2.94. The molecule has 0 amide bonds. The Hall–Kier alpha value is -1.66. The highest BCUT2D eigenvalue weighted by Gasteiger charge is 2.05. The molecule has 0 spiro atoms. The molecule has 2 aromatic heterocycles. The van der Waals surface area contributed by atoms with Crippen LogP contribution in [0.25, 0.3) is 5.69 Å². The van der Waals surface area contributed by atoms with E-state index in [1.807, 2.05) is 34.5 Å². The van der Waals surface area contributed by atoms with Crippen LogP contribution >= 0.6 is 27.3 Å². The second kappa shape index (κ2) is 5.54. The minimum absolute atomic E-state index is 0.718. The number of rotatable bonds is 4. The van der Waals surface area contributed by atoms with Crippen molar-refractivity contribution in [1.82, 2.24) is 14.8 Å². The van der Waals surface area contributed by atoms with Gasteiger partial charge in [0.25, 0.3) is 0 Å². The zero-order chi connectivity index (χ0) is 13.1. The van der Waals surface area contributed by atoms with Gasteiger partial charge in [0.2, 0.25) is 0 Å². The molecule has 6 heteroatoms. The van der Waals surface area contributed by atoms with Gasteiger partial charge < -0.3 is 5.32 Å². The van der Waals surface area contributed by atoms with Crippen molar-refractivity contribution < 1.29 is 0 Å². The number of aromatic nitrogens is 3. The van der Waals surface area contributed by atoms with Gasteiger partial charge in [-0.25, -0.2) is 9.67 Å². The van der Waals surface area contributed by atoms with Crippen molar-refractivity contribution in [3.8, 4) is 5.69 Å². The van der Waals surface area contributed by atoms with E-state index in [-0.39, 0.29) is 0 Å². The summed E-state index contributed by atoms with van der Waals surface area (Å²) >= 11 is 4.93. The molecule has 0 unspecified atom stereocenters. The summed E-state index contributed by atoms with van der Waals surface area (Å²) in [6.07, 6.45) is 3.72. The number of hydrogen-bond acceptors (Lipinski definition) is 4. The maximum absolute atomic E-state index is 4.32. The molecule has 0 saturated carbocycles. The minimum atomic E-state index is 0.718. The van der Waals surface area contributed by atoms with E-state index in [1.165, 1.54) is 5.56 Å². The summed E-state index contributed by atoms with van der Waals surface area (Å²) in [5, 5.41) is 10.5. The molecule has 0 aliphatic rings. The fourth-order valence-electron chi connectivity index (χ4n) is 1.80. The van der Waals surface area contributed by atoms with Crippen molar-refractivity contribution in [3.63, 3.8) is 0 Å². The van der Waals surface area contributed by atoms with Crippen LogP contribution in [0.3, 0.4) is 0 Å². The lowest BCUT2D eigenvalue weighted by atomic mass is 10.2. The second-order valence-electron chi connectivity index (χ2n) is 3.91. The molecule has 3 rings (SSSR count). The SMILES string of the molecule is Brc1csc(NCc2ccccc2-n2cccn2)n1. The van der Waals surface area contributed by atoms with Crippen molar-refractivity contribution in [1.29, 1.82) is 0 Å². The lowest BCUT2D eigenvalue weighted by Crippen LogP contribution is -2.05. The first-order valence-corrected chi connectivity index (χ1v) is 7.43. The van der Waals surface area contributed by atoms with Crippen LogP contribution in [0.2, 0.25) is 0 Å². The van der Waals surface area contributed by atoms with Crippen LogP contribution in [0.15, 0.2) is 52.7 Å². The minimum Gasteiger partial charge on any atom is -0.357 e. The highest BCUT2D eigenvalue weighted by Crippen LogP contribution is 2.21. The van der Waals surface area contributed by atoms with E-state index in [2.05, 4.69) is 43.5 Å². The summed E-state index contributed by atoms with van der Waals surface area (Å²) in [4.78, 5) is 4.32. The lowest BCUT2D eigenvalue weighted by molar-refractivity contribution is 0.864. The Morgan fingerprint density at radius 1 is 1.26 bits per heavy atom. The number of anilines is 1. The summed E-state index contributed by atoms with van der Waals surface area (Å²) < 4.78 is 2.73. The Bertz CT molecular complexity index is 663. The van der Waals surface area contributed by atoms with Crippen molar-refractivity contribution in [2.75, 3.05) is 5.32 Å². The number of nitrogens with zero attached hydrogens (tertiary/aromatic N) is 3. The summed E-state index contributed by atoms with van der Waals surface area (Å²) in [7, 11) is 0. The van der Waals surface area contributed by atoms with Crippen molar-refractivity contribution in [2.24, 2.45) is 0 Å². The molecule has 0 aliphatic heterocycles. The first-order valence-electron chi connectivity index (χ1n) is 5.76. The van der Waals surface area contributed by atoms with Gasteiger partial charge in [-0.15, -0.1) is 11.3 Å². The zero-order valence-electron chi connectivity index (χ0n) is 9.95. The average molecular weight is 335 g/mol. The van der Waals surface area contributed by atoms with E-state index in [1.54, 1.807) is 17.5 Å². The third-order valence-electron chi connectivity index (χ3n) is 2.65. The molecule has 0 bridgehead atoms. The number of hydrogen-bond donors (Lipinski definition) is 1. The number of nitrogens with one attached hydrogen (secondary N) is 1. The van der Waals surface area contributed by atoms with Gasteiger partial charge in [0.05, 0.1) is 5.69 Å².